The molecule has 0 amide bonds. The van der Waals surface area contributed by atoms with Gasteiger partial charge < -0.3 is 10.2 Å². The van der Waals surface area contributed by atoms with Crippen LogP contribution in [-0.2, 0) is 6.54 Å². The van der Waals surface area contributed by atoms with E-state index in [9.17, 15) is 0 Å². The molecule has 0 aliphatic rings. The molecule has 3 nitrogen and oxygen atoms in total. The Balaban J connectivity index is 2.36. The molecule has 4 heteroatoms. The second-order valence-electron chi connectivity index (χ2n) is 4.59. The van der Waals surface area contributed by atoms with E-state index in [0.29, 0.717) is 0 Å². The number of hydrogen-bond acceptors (Lipinski definition) is 4. The molecule has 0 unspecified atom stereocenters. The minimum absolute atomic E-state index is 0.863. The SMILES string of the molecule is CCCN(C)c1nc(-c2ccccc2)c(CNC)s1. The summed E-state index contributed by atoms with van der Waals surface area (Å²) in [6.45, 7) is 4.10. The maximum absolute atomic E-state index is 4.82. The van der Waals surface area contributed by atoms with Crippen molar-refractivity contribution in [3.63, 3.8) is 0 Å². The topological polar surface area (TPSA) is 28.2 Å². The van der Waals surface area contributed by atoms with Crippen LogP contribution in [0.5, 0.6) is 0 Å². The zero-order valence-electron chi connectivity index (χ0n) is 11.8. The molecule has 1 aromatic heterocycles. The standard InChI is InChI=1S/C15H21N3S/c1-4-10-18(3)15-17-14(13(19-15)11-16-2)12-8-6-5-7-9-12/h5-9,16H,4,10-11H2,1-3H3. The van der Waals surface area contributed by atoms with E-state index in [1.165, 1.54) is 10.4 Å². The third kappa shape index (κ3) is 3.33. The highest BCUT2D eigenvalue weighted by atomic mass is 32.1. The fourth-order valence-electron chi connectivity index (χ4n) is 2.04. The van der Waals surface area contributed by atoms with Crippen molar-refractivity contribution in [2.45, 2.75) is 19.9 Å². The van der Waals surface area contributed by atoms with Crippen molar-refractivity contribution in [3.05, 3.63) is 35.2 Å². The Labute approximate surface area is 119 Å². The van der Waals surface area contributed by atoms with E-state index in [4.69, 9.17) is 4.98 Å². The van der Waals surface area contributed by atoms with Crippen molar-refractivity contribution >= 4 is 16.5 Å². The zero-order valence-corrected chi connectivity index (χ0v) is 12.6. The Hall–Kier alpha value is -1.39. The van der Waals surface area contributed by atoms with Gasteiger partial charge in [0.1, 0.15) is 0 Å². The summed E-state index contributed by atoms with van der Waals surface area (Å²) in [6, 6.07) is 10.4. The maximum Gasteiger partial charge on any atom is 0.185 e. The smallest absolute Gasteiger partial charge is 0.185 e. The lowest BCUT2D eigenvalue weighted by Gasteiger charge is -2.13. The van der Waals surface area contributed by atoms with Crippen LogP contribution in [0.2, 0.25) is 0 Å². The molecule has 102 valence electrons. The van der Waals surface area contributed by atoms with Crippen LogP contribution in [0.25, 0.3) is 11.3 Å². The molecule has 1 N–H and O–H groups in total. The molecule has 0 radical (unpaired) electrons. The first kappa shape index (κ1) is 14.0. The Bertz CT molecular complexity index is 507. The summed E-state index contributed by atoms with van der Waals surface area (Å²) < 4.78 is 0. The predicted molar refractivity (Wildman–Crippen MR) is 83.9 cm³/mol. The lowest BCUT2D eigenvalue weighted by atomic mass is 10.1. The van der Waals surface area contributed by atoms with E-state index >= 15 is 0 Å². The highest BCUT2D eigenvalue weighted by Gasteiger charge is 2.14. The Morgan fingerprint density at radius 2 is 2.00 bits per heavy atom. The van der Waals surface area contributed by atoms with Gasteiger partial charge in [-0.3, -0.25) is 0 Å². The van der Waals surface area contributed by atoms with Crippen LogP contribution in [0.1, 0.15) is 18.2 Å². The van der Waals surface area contributed by atoms with Crippen LogP contribution >= 0.6 is 11.3 Å². The van der Waals surface area contributed by atoms with Crippen LogP contribution < -0.4 is 10.2 Å². The summed E-state index contributed by atoms with van der Waals surface area (Å²) >= 11 is 1.78. The summed E-state index contributed by atoms with van der Waals surface area (Å²) in [4.78, 5) is 8.35. The van der Waals surface area contributed by atoms with E-state index in [1.54, 1.807) is 11.3 Å². The van der Waals surface area contributed by atoms with Crippen molar-refractivity contribution in [3.8, 4) is 11.3 Å². The quantitative estimate of drug-likeness (QED) is 0.876. The third-order valence-electron chi connectivity index (χ3n) is 2.96. The molecule has 0 bridgehead atoms. The summed E-state index contributed by atoms with van der Waals surface area (Å²) in [5.41, 5.74) is 2.30. The number of nitrogens with one attached hydrogen (secondary N) is 1. The molecule has 0 fully saturated rings. The Kier molecular flexibility index (Phi) is 4.93. The van der Waals surface area contributed by atoms with Crippen molar-refractivity contribution in [2.75, 3.05) is 25.5 Å². The molecule has 1 heterocycles. The van der Waals surface area contributed by atoms with Gasteiger partial charge in [-0.05, 0) is 13.5 Å². The van der Waals surface area contributed by atoms with E-state index in [1.807, 2.05) is 13.1 Å². The monoisotopic (exact) mass is 275 g/mol. The van der Waals surface area contributed by atoms with Gasteiger partial charge in [0.05, 0.1) is 5.69 Å². The van der Waals surface area contributed by atoms with Crippen LogP contribution in [0.3, 0.4) is 0 Å². The summed E-state index contributed by atoms with van der Waals surface area (Å²) in [5.74, 6) is 0. The molecular weight excluding hydrogens is 254 g/mol. The predicted octanol–water partition coefficient (Wildman–Crippen LogP) is 3.38. The first-order valence-electron chi connectivity index (χ1n) is 6.67. The molecule has 2 rings (SSSR count). The molecule has 0 saturated heterocycles. The molecule has 0 aliphatic carbocycles. The average molecular weight is 275 g/mol. The van der Waals surface area contributed by atoms with Crippen LogP contribution in [0.15, 0.2) is 30.3 Å². The molecule has 0 saturated carbocycles. The lowest BCUT2D eigenvalue weighted by Crippen LogP contribution is -2.17. The van der Waals surface area contributed by atoms with Gasteiger partial charge in [0.2, 0.25) is 0 Å². The Morgan fingerprint density at radius 1 is 1.26 bits per heavy atom. The largest absolute Gasteiger partial charge is 0.351 e. The normalized spacial score (nSPS) is 10.7. The van der Waals surface area contributed by atoms with Gasteiger partial charge in [-0.25, -0.2) is 4.98 Å². The van der Waals surface area contributed by atoms with E-state index < -0.39 is 0 Å². The number of anilines is 1. The first-order valence-corrected chi connectivity index (χ1v) is 7.48. The van der Waals surface area contributed by atoms with E-state index in [0.717, 1.165) is 30.3 Å². The van der Waals surface area contributed by atoms with Gasteiger partial charge in [-0.15, -0.1) is 0 Å². The highest BCUT2D eigenvalue weighted by Crippen LogP contribution is 2.32. The van der Waals surface area contributed by atoms with Gasteiger partial charge in [0.15, 0.2) is 5.13 Å². The molecule has 0 spiro atoms. The van der Waals surface area contributed by atoms with E-state index in [-0.39, 0.29) is 0 Å². The first-order chi connectivity index (χ1) is 9.26. The third-order valence-corrected chi connectivity index (χ3v) is 4.13. The van der Waals surface area contributed by atoms with Gasteiger partial charge in [0.25, 0.3) is 0 Å². The van der Waals surface area contributed by atoms with Crippen molar-refractivity contribution in [1.82, 2.24) is 10.3 Å². The maximum atomic E-state index is 4.82. The molecule has 2 aromatic rings. The van der Waals surface area contributed by atoms with Gasteiger partial charge in [-0.1, -0.05) is 48.6 Å². The van der Waals surface area contributed by atoms with Gasteiger partial charge >= 0.3 is 0 Å². The van der Waals surface area contributed by atoms with Crippen molar-refractivity contribution < 1.29 is 0 Å². The minimum Gasteiger partial charge on any atom is -0.351 e. The van der Waals surface area contributed by atoms with Crippen LogP contribution in [0, 0.1) is 0 Å². The lowest BCUT2D eigenvalue weighted by molar-refractivity contribution is 0.830. The minimum atomic E-state index is 0.863. The second kappa shape index (κ2) is 6.68. The van der Waals surface area contributed by atoms with Gasteiger partial charge in [0, 0.05) is 30.6 Å². The Morgan fingerprint density at radius 3 is 2.63 bits per heavy atom. The molecule has 1 aromatic carbocycles. The fourth-order valence-corrected chi connectivity index (χ4v) is 3.12. The van der Waals surface area contributed by atoms with Crippen molar-refractivity contribution in [2.24, 2.45) is 0 Å². The number of rotatable bonds is 6. The summed E-state index contributed by atoms with van der Waals surface area (Å²) in [5, 5.41) is 4.33. The number of hydrogen-bond donors (Lipinski definition) is 1. The van der Waals surface area contributed by atoms with Crippen LogP contribution in [-0.4, -0.2) is 25.6 Å². The van der Waals surface area contributed by atoms with Gasteiger partial charge in [-0.2, -0.15) is 0 Å². The van der Waals surface area contributed by atoms with E-state index in [2.05, 4.69) is 48.5 Å². The number of thiazole rings is 1. The number of nitrogens with zero attached hydrogens (tertiary/aromatic N) is 2. The molecular formula is C15H21N3S. The zero-order chi connectivity index (χ0) is 13.7. The second-order valence-corrected chi connectivity index (χ2v) is 5.65. The average Bonchev–Trinajstić information content (AvgIpc) is 2.85. The summed E-state index contributed by atoms with van der Waals surface area (Å²) in [6.07, 6.45) is 1.14. The van der Waals surface area contributed by atoms with Crippen molar-refractivity contribution in [1.29, 1.82) is 0 Å². The molecule has 0 atom stereocenters. The number of benzene rings is 1. The molecule has 0 aliphatic heterocycles. The number of aromatic nitrogens is 1. The van der Waals surface area contributed by atoms with Crippen LogP contribution in [0.4, 0.5) is 5.13 Å². The molecule has 19 heavy (non-hydrogen) atoms. The summed E-state index contributed by atoms with van der Waals surface area (Å²) in [7, 11) is 4.09. The fraction of sp³-hybridized carbons (Fsp3) is 0.400. The highest BCUT2D eigenvalue weighted by molar-refractivity contribution is 7.16.